The number of amides is 1. The number of nitrogens with one attached hydrogen (secondary N) is 1. The van der Waals surface area contributed by atoms with Crippen molar-refractivity contribution in [2.75, 3.05) is 18.4 Å². The van der Waals surface area contributed by atoms with Crippen molar-refractivity contribution in [3.05, 3.63) is 59.7 Å². The number of para-hydroxylation sites is 1. The van der Waals surface area contributed by atoms with Gasteiger partial charge in [0.2, 0.25) is 15.9 Å². The number of benzene rings is 2. The summed E-state index contributed by atoms with van der Waals surface area (Å²) in [7, 11) is -3.73. The van der Waals surface area contributed by atoms with E-state index in [1.54, 1.807) is 18.2 Å². The summed E-state index contributed by atoms with van der Waals surface area (Å²) in [6.07, 6.45) is 0.626. The molecule has 0 aliphatic carbocycles. The fourth-order valence-electron chi connectivity index (χ4n) is 2.77. The Morgan fingerprint density at radius 1 is 1.07 bits per heavy atom. The lowest BCUT2D eigenvalue weighted by Crippen LogP contribution is -2.38. The van der Waals surface area contributed by atoms with Crippen molar-refractivity contribution in [1.29, 1.82) is 0 Å². The van der Waals surface area contributed by atoms with Crippen LogP contribution in [0.3, 0.4) is 0 Å². The van der Waals surface area contributed by atoms with Crippen molar-refractivity contribution in [1.82, 2.24) is 4.31 Å². The summed E-state index contributed by atoms with van der Waals surface area (Å²) in [6, 6.07) is 14.3. The zero-order valence-electron chi connectivity index (χ0n) is 16.4. The largest absolute Gasteiger partial charge is 0.325 e. The first kappa shape index (κ1) is 21.1. The molecule has 0 saturated heterocycles. The first-order chi connectivity index (χ1) is 12.8. The van der Waals surface area contributed by atoms with Gasteiger partial charge in [-0.05, 0) is 48.6 Å². The Morgan fingerprint density at radius 3 is 2.26 bits per heavy atom. The SMILES string of the molecule is CCCN(CC(=O)Nc1ccccc1C)S(=O)(=O)c1ccc(C(C)C)cc1. The van der Waals surface area contributed by atoms with Gasteiger partial charge in [-0.3, -0.25) is 4.79 Å². The lowest BCUT2D eigenvalue weighted by Gasteiger charge is -2.21. The van der Waals surface area contributed by atoms with Crippen molar-refractivity contribution in [2.45, 2.75) is 44.9 Å². The summed E-state index contributed by atoms with van der Waals surface area (Å²) in [4.78, 5) is 12.7. The Kier molecular flexibility index (Phi) is 7.16. The van der Waals surface area contributed by atoms with Crippen LogP contribution in [0.1, 0.15) is 44.2 Å². The molecule has 0 bridgehead atoms. The third kappa shape index (κ3) is 5.40. The van der Waals surface area contributed by atoms with Crippen molar-refractivity contribution in [3.8, 4) is 0 Å². The fourth-order valence-corrected chi connectivity index (χ4v) is 4.26. The van der Waals surface area contributed by atoms with Crippen LogP contribution in [-0.4, -0.2) is 31.7 Å². The molecule has 0 aliphatic rings. The summed E-state index contributed by atoms with van der Waals surface area (Å²) in [6.45, 7) is 7.98. The van der Waals surface area contributed by atoms with Crippen molar-refractivity contribution >= 4 is 21.6 Å². The number of aryl methyl sites for hydroxylation is 1. The van der Waals surface area contributed by atoms with Crippen LogP contribution in [0, 0.1) is 6.92 Å². The molecule has 1 N–H and O–H groups in total. The standard InChI is InChI=1S/C21H28N2O3S/c1-5-14-23(15-21(24)22-20-9-7-6-8-17(20)4)27(25,26)19-12-10-18(11-13-19)16(2)3/h6-13,16H,5,14-15H2,1-4H3,(H,22,24). The van der Waals surface area contributed by atoms with Crippen LogP contribution in [0.2, 0.25) is 0 Å². The molecular weight excluding hydrogens is 360 g/mol. The third-order valence-electron chi connectivity index (χ3n) is 4.40. The highest BCUT2D eigenvalue weighted by molar-refractivity contribution is 7.89. The predicted molar refractivity (Wildman–Crippen MR) is 109 cm³/mol. The molecule has 0 aromatic heterocycles. The highest BCUT2D eigenvalue weighted by atomic mass is 32.2. The quantitative estimate of drug-likeness (QED) is 0.738. The molecule has 0 radical (unpaired) electrons. The summed E-state index contributed by atoms with van der Waals surface area (Å²) in [5, 5.41) is 2.80. The number of hydrogen-bond donors (Lipinski definition) is 1. The van der Waals surface area contributed by atoms with Gasteiger partial charge in [-0.1, -0.05) is 51.1 Å². The average molecular weight is 389 g/mol. The molecule has 2 aromatic rings. The van der Waals surface area contributed by atoms with Crippen LogP contribution in [0.4, 0.5) is 5.69 Å². The van der Waals surface area contributed by atoms with Gasteiger partial charge in [0.15, 0.2) is 0 Å². The maximum absolute atomic E-state index is 13.0. The maximum atomic E-state index is 13.0. The van der Waals surface area contributed by atoms with E-state index in [4.69, 9.17) is 0 Å². The van der Waals surface area contributed by atoms with E-state index in [0.717, 1.165) is 11.1 Å². The number of nitrogens with zero attached hydrogens (tertiary/aromatic N) is 1. The monoisotopic (exact) mass is 388 g/mol. The molecule has 146 valence electrons. The van der Waals surface area contributed by atoms with Crippen LogP contribution in [0.25, 0.3) is 0 Å². The Labute approximate surface area is 162 Å². The van der Waals surface area contributed by atoms with E-state index in [9.17, 15) is 13.2 Å². The van der Waals surface area contributed by atoms with E-state index in [1.807, 2.05) is 44.2 Å². The third-order valence-corrected chi connectivity index (χ3v) is 6.26. The van der Waals surface area contributed by atoms with Crippen molar-refractivity contribution in [3.63, 3.8) is 0 Å². The Bertz CT molecular complexity index is 875. The minimum absolute atomic E-state index is 0.212. The second-order valence-corrected chi connectivity index (χ2v) is 8.86. The molecule has 0 aliphatic heterocycles. The minimum atomic E-state index is -3.73. The van der Waals surface area contributed by atoms with Crippen molar-refractivity contribution < 1.29 is 13.2 Å². The second-order valence-electron chi connectivity index (χ2n) is 6.93. The number of anilines is 1. The summed E-state index contributed by atoms with van der Waals surface area (Å²) >= 11 is 0. The maximum Gasteiger partial charge on any atom is 0.243 e. The number of rotatable bonds is 8. The molecule has 0 fully saturated rings. The van der Waals surface area contributed by atoms with Gasteiger partial charge in [0.1, 0.15) is 0 Å². The second kappa shape index (κ2) is 9.15. The molecule has 27 heavy (non-hydrogen) atoms. The lowest BCUT2D eigenvalue weighted by atomic mass is 10.0. The first-order valence-electron chi connectivity index (χ1n) is 9.21. The normalized spacial score (nSPS) is 11.8. The Morgan fingerprint density at radius 2 is 1.70 bits per heavy atom. The smallest absolute Gasteiger partial charge is 0.243 e. The van der Waals surface area contributed by atoms with E-state index in [2.05, 4.69) is 19.2 Å². The fraction of sp³-hybridized carbons (Fsp3) is 0.381. The summed E-state index contributed by atoms with van der Waals surface area (Å²) in [5.41, 5.74) is 2.70. The van der Waals surface area contributed by atoms with E-state index in [0.29, 0.717) is 18.0 Å². The van der Waals surface area contributed by atoms with E-state index in [-0.39, 0.29) is 23.9 Å². The summed E-state index contributed by atoms with van der Waals surface area (Å²) < 4.78 is 27.2. The van der Waals surface area contributed by atoms with Crippen molar-refractivity contribution in [2.24, 2.45) is 0 Å². The highest BCUT2D eigenvalue weighted by Gasteiger charge is 2.26. The van der Waals surface area contributed by atoms with Gasteiger partial charge in [0.05, 0.1) is 11.4 Å². The predicted octanol–water partition coefficient (Wildman–Crippen LogP) is 4.16. The number of sulfonamides is 1. The van der Waals surface area contributed by atoms with Gasteiger partial charge >= 0.3 is 0 Å². The molecule has 2 rings (SSSR count). The molecule has 1 amide bonds. The van der Waals surface area contributed by atoms with Gasteiger partial charge in [0.25, 0.3) is 0 Å². The topological polar surface area (TPSA) is 66.5 Å². The van der Waals surface area contributed by atoms with Gasteiger partial charge in [-0.2, -0.15) is 4.31 Å². The molecule has 0 heterocycles. The summed E-state index contributed by atoms with van der Waals surface area (Å²) in [5.74, 6) is -0.0199. The van der Waals surface area contributed by atoms with Gasteiger partial charge in [-0.25, -0.2) is 8.42 Å². The Balaban J connectivity index is 2.19. The molecule has 0 saturated carbocycles. The first-order valence-corrected chi connectivity index (χ1v) is 10.6. The molecule has 6 heteroatoms. The van der Waals surface area contributed by atoms with Crippen LogP contribution >= 0.6 is 0 Å². The number of carbonyl (C=O) groups excluding carboxylic acids is 1. The van der Waals surface area contributed by atoms with Gasteiger partial charge < -0.3 is 5.32 Å². The zero-order valence-corrected chi connectivity index (χ0v) is 17.2. The van der Waals surface area contributed by atoms with Crippen LogP contribution in [-0.2, 0) is 14.8 Å². The molecule has 0 spiro atoms. The molecule has 2 aromatic carbocycles. The molecule has 5 nitrogen and oxygen atoms in total. The van der Waals surface area contributed by atoms with E-state index in [1.165, 1.54) is 4.31 Å². The van der Waals surface area contributed by atoms with E-state index >= 15 is 0 Å². The number of carbonyl (C=O) groups is 1. The molecule has 0 atom stereocenters. The minimum Gasteiger partial charge on any atom is -0.325 e. The van der Waals surface area contributed by atoms with Crippen LogP contribution in [0.5, 0.6) is 0 Å². The zero-order chi connectivity index (χ0) is 20.0. The van der Waals surface area contributed by atoms with Crippen LogP contribution < -0.4 is 5.32 Å². The van der Waals surface area contributed by atoms with Crippen LogP contribution in [0.15, 0.2) is 53.4 Å². The Hall–Kier alpha value is -2.18. The van der Waals surface area contributed by atoms with Gasteiger partial charge in [-0.15, -0.1) is 0 Å². The number of hydrogen-bond acceptors (Lipinski definition) is 3. The average Bonchev–Trinajstić information content (AvgIpc) is 2.63. The highest BCUT2D eigenvalue weighted by Crippen LogP contribution is 2.21. The lowest BCUT2D eigenvalue weighted by molar-refractivity contribution is -0.116. The van der Waals surface area contributed by atoms with E-state index < -0.39 is 10.0 Å². The van der Waals surface area contributed by atoms with Gasteiger partial charge in [0, 0.05) is 12.2 Å². The molecular formula is C21H28N2O3S. The molecule has 0 unspecified atom stereocenters.